The molecule has 27 heavy (non-hydrogen) atoms. The highest BCUT2D eigenvalue weighted by atomic mass is 32.1. The molecule has 0 atom stereocenters. The lowest BCUT2D eigenvalue weighted by Crippen LogP contribution is -2.30. The molecule has 0 aliphatic carbocycles. The van der Waals surface area contributed by atoms with Gasteiger partial charge in [-0.1, -0.05) is 18.2 Å². The zero-order valence-corrected chi connectivity index (χ0v) is 15.3. The van der Waals surface area contributed by atoms with Gasteiger partial charge in [0.15, 0.2) is 0 Å². The third kappa shape index (κ3) is 4.12. The van der Waals surface area contributed by atoms with Crippen LogP contribution in [0.25, 0.3) is 15.9 Å². The maximum Gasteiger partial charge on any atom is 0.224 e. The fourth-order valence-corrected chi connectivity index (χ4v) is 3.47. The Labute approximate surface area is 160 Å². The van der Waals surface area contributed by atoms with Gasteiger partial charge in [-0.3, -0.25) is 4.79 Å². The van der Waals surface area contributed by atoms with Crippen molar-refractivity contribution in [1.82, 2.24) is 25.1 Å². The van der Waals surface area contributed by atoms with Gasteiger partial charge in [-0.2, -0.15) is 5.10 Å². The quantitative estimate of drug-likeness (QED) is 0.483. The van der Waals surface area contributed by atoms with E-state index in [2.05, 4.69) is 25.7 Å². The van der Waals surface area contributed by atoms with Crippen molar-refractivity contribution >= 4 is 33.3 Å². The average molecular weight is 378 g/mol. The minimum absolute atomic E-state index is 0.0345. The van der Waals surface area contributed by atoms with Crippen molar-refractivity contribution in [2.75, 3.05) is 18.4 Å². The Bertz CT molecular complexity index is 1040. The number of carbonyl (C=O) groups excluding carboxylic acids is 1. The normalized spacial score (nSPS) is 10.8. The Balaban J connectivity index is 1.25. The number of hydrogen-bond acceptors (Lipinski definition) is 6. The molecule has 7 nitrogen and oxygen atoms in total. The number of amides is 1. The van der Waals surface area contributed by atoms with Gasteiger partial charge in [0.05, 0.1) is 23.7 Å². The first-order valence-electron chi connectivity index (χ1n) is 8.57. The van der Waals surface area contributed by atoms with Crippen molar-refractivity contribution in [2.45, 2.75) is 6.42 Å². The molecule has 0 saturated heterocycles. The summed E-state index contributed by atoms with van der Waals surface area (Å²) in [6.45, 7) is 1.11. The minimum Gasteiger partial charge on any atom is -0.368 e. The van der Waals surface area contributed by atoms with Crippen molar-refractivity contribution in [3.63, 3.8) is 0 Å². The minimum atomic E-state index is -0.0345. The molecule has 4 aromatic rings. The van der Waals surface area contributed by atoms with Crippen LogP contribution in [0.1, 0.15) is 5.56 Å². The van der Waals surface area contributed by atoms with Gasteiger partial charge in [-0.25, -0.2) is 14.6 Å². The van der Waals surface area contributed by atoms with E-state index in [4.69, 9.17) is 0 Å². The predicted molar refractivity (Wildman–Crippen MR) is 106 cm³/mol. The molecule has 0 fully saturated rings. The van der Waals surface area contributed by atoms with Crippen molar-refractivity contribution < 1.29 is 4.79 Å². The van der Waals surface area contributed by atoms with Gasteiger partial charge in [0, 0.05) is 19.3 Å². The molecule has 136 valence electrons. The molecule has 0 saturated carbocycles. The topological polar surface area (TPSA) is 84.7 Å². The van der Waals surface area contributed by atoms with Gasteiger partial charge in [-0.05, 0) is 29.1 Å². The molecule has 0 aliphatic rings. The van der Waals surface area contributed by atoms with E-state index in [1.165, 1.54) is 0 Å². The number of benzene rings is 1. The number of rotatable bonds is 7. The molecule has 0 radical (unpaired) electrons. The second-order valence-corrected chi connectivity index (χ2v) is 6.84. The summed E-state index contributed by atoms with van der Waals surface area (Å²) in [5, 5.41) is 13.5. The number of nitrogens with zero attached hydrogens (tertiary/aromatic N) is 4. The number of hydrogen-bond donors (Lipinski definition) is 2. The Hall–Kier alpha value is -3.26. The number of anilines is 1. The van der Waals surface area contributed by atoms with Crippen LogP contribution in [0.4, 0.5) is 5.82 Å². The highest BCUT2D eigenvalue weighted by Gasteiger charge is 2.07. The number of nitrogens with one attached hydrogen (secondary N) is 2. The lowest BCUT2D eigenvalue weighted by atomic mass is 10.2. The van der Waals surface area contributed by atoms with Crippen molar-refractivity contribution in [1.29, 1.82) is 0 Å². The Morgan fingerprint density at radius 2 is 2.00 bits per heavy atom. The summed E-state index contributed by atoms with van der Waals surface area (Å²) < 4.78 is 1.77. The summed E-state index contributed by atoms with van der Waals surface area (Å²) >= 11 is 1.58. The highest BCUT2D eigenvalue weighted by Crippen LogP contribution is 2.23. The first-order valence-corrected chi connectivity index (χ1v) is 9.45. The first-order chi connectivity index (χ1) is 13.3. The van der Waals surface area contributed by atoms with Crippen LogP contribution in [0.3, 0.4) is 0 Å². The second-order valence-electron chi connectivity index (χ2n) is 5.94. The van der Waals surface area contributed by atoms with Gasteiger partial charge >= 0.3 is 0 Å². The Morgan fingerprint density at radius 3 is 2.89 bits per heavy atom. The largest absolute Gasteiger partial charge is 0.368 e. The van der Waals surface area contributed by atoms with Crippen LogP contribution in [0.2, 0.25) is 0 Å². The van der Waals surface area contributed by atoms with Crippen LogP contribution < -0.4 is 10.6 Å². The molecule has 0 aliphatic heterocycles. The van der Waals surface area contributed by atoms with E-state index in [0.29, 0.717) is 19.5 Å². The number of para-hydroxylation sites is 1. The molecule has 0 bridgehead atoms. The van der Waals surface area contributed by atoms with Crippen molar-refractivity contribution in [3.8, 4) is 5.69 Å². The summed E-state index contributed by atoms with van der Waals surface area (Å²) in [5.41, 5.74) is 1.85. The van der Waals surface area contributed by atoms with E-state index < -0.39 is 0 Å². The molecule has 2 N–H and O–H groups in total. The van der Waals surface area contributed by atoms with Crippen LogP contribution in [0.5, 0.6) is 0 Å². The zero-order valence-electron chi connectivity index (χ0n) is 14.5. The summed E-state index contributed by atoms with van der Waals surface area (Å²) in [6.07, 6.45) is 5.44. The molecule has 0 spiro atoms. The number of carbonyl (C=O) groups is 1. The zero-order chi connectivity index (χ0) is 18.5. The molecular formula is C19H18N6OS. The van der Waals surface area contributed by atoms with E-state index >= 15 is 0 Å². The lowest BCUT2D eigenvalue weighted by Gasteiger charge is -2.07. The summed E-state index contributed by atoms with van der Waals surface area (Å²) in [6, 6.07) is 11.8. The fourth-order valence-electron chi connectivity index (χ4n) is 2.73. The van der Waals surface area contributed by atoms with Crippen molar-refractivity contribution in [3.05, 3.63) is 66.1 Å². The summed E-state index contributed by atoms with van der Waals surface area (Å²) in [5.74, 6) is 0.757. The molecule has 1 aromatic carbocycles. The summed E-state index contributed by atoms with van der Waals surface area (Å²) in [7, 11) is 0. The van der Waals surface area contributed by atoms with Crippen LogP contribution in [0.15, 0.2) is 60.5 Å². The predicted octanol–water partition coefficient (Wildman–Crippen LogP) is 2.65. The van der Waals surface area contributed by atoms with Gasteiger partial charge in [0.25, 0.3) is 0 Å². The maximum absolute atomic E-state index is 12.1. The van der Waals surface area contributed by atoms with Crippen LogP contribution in [-0.2, 0) is 11.2 Å². The molecule has 3 aromatic heterocycles. The maximum atomic E-state index is 12.1. The fraction of sp³-hybridized carbons (Fsp3) is 0.158. The highest BCUT2D eigenvalue weighted by molar-refractivity contribution is 7.16. The van der Waals surface area contributed by atoms with Crippen molar-refractivity contribution in [2.24, 2.45) is 0 Å². The average Bonchev–Trinajstić information content (AvgIpc) is 3.35. The van der Waals surface area contributed by atoms with Crippen LogP contribution >= 0.6 is 11.3 Å². The van der Waals surface area contributed by atoms with Gasteiger partial charge in [0.1, 0.15) is 17.0 Å². The smallest absolute Gasteiger partial charge is 0.224 e. The molecule has 8 heteroatoms. The Kier molecular flexibility index (Phi) is 5.06. The van der Waals surface area contributed by atoms with E-state index in [-0.39, 0.29) is 5.91 Å². The van der Waals surface area contributed by atoms with Crippen LogP contribution in [0, 0.1) is 0 Å². The van der Waals surface area contributed by atoms with Gasteiger partial charge in [0.2, 0.25) is 5.91 Å². The molecule has 0 unspecified atom stereocenters. The lowest BCUT2D eigenvalue weighted by molar-refractivity contribution is -0.120. The van der Waals surface area contributed by atoms with E-state index in [9.17, 15) is 4.79 Å². The van der Waals surface area contributed by atoms with Gasteiger partial charge in [-0.15, -0.1) is 11.3 Å². The first kappa shape index (κ1) is 17.2. The number of fused-ring (bicyclic) bond motifs is 1. The molecule has 3 heterocycles. The standard InChI is InChI=1S/C19H18N6OS/c26-17(10-14-11-24-25(12-14)15-4-2-1-3-5-15)20-7-8-21-18-16-6-9-27-19(16)23-13-22-18/h1-6,9,11-13H,7-8,10H2,(H,20,26)(H,21,22,23). The van der Waals surface area contributed by atoms with E-state index in [0.717, 1.165) is 27.3 Å². The van der Waals surface area contributed by atoms with E-state index in [1.54, 1.807) is 28.5 Å². The third-order valence-corrected chi connectivity index (χ3v) is 4.84. The number of aromatic nitrogens is 4. The molecule has 4 rings (SSSR count). The van der Waals surface area contributed by atoms with E-state index in [1.807, 2.05) is 48.0 Å². The molecule has 1 amide bonds. The third-order valence-electron chi connectivity index (χ3n) is 4.02. The second kappa shape index (κ2) is 7.96. The molecular weight excluding hydrogens is 360 g/mol. The number of thiophene rings is 1. The van der Waals surface area contributed by atoms with Crippen LogP contribution in [-0.4, -0.2) is 38.7 Å². The summed E-state index contributed by atoms with van der Waals surface area (Å²) in [4.78, 5) is 21.6. The van der Waals surface area contributed by atoms with Gasteiger partial charge < -0.3 is 10.6 Å². The monoisotopic (exact) mass is 378 g/mol. The Morgan fingerprint density at radius 1 is 1.11 bits per heavy atom. The SMILES string of the molecule is O=C(Cc1cnn(-c2ccccc2)c1)NCCNc1ncnc2sccc12.